The van der Waals surface area contributed by atoms with Crippen LogP contribution in [0.1, 0.15) is 5.56 Å². The minimum absolute atomic E-state index is 1.17. The van der Waals surface area contributed by atoms with Gasteiger partial charge in [0, 0.05) is 42.5 Å². The standard InChI is InChI=1S/C45H30N2S/c1-29-14-20-34(21-15-29)46-40-11-5-3-9-36(40)38-26-31(18-24-42(38)46)32-19-25-43-39(27-32)37-10-4-6-12-41(37)47(43)35-22-16-30(17-23-35)45-28-33-8-2-7-13-44(33)48-45/h2-28H,1H3. The molecule has 0 amide bonds. The van der Waals surface area contributed by atoms with Crippen LogP contribution in [-0.4, -0.2) is 9.13 Å². The van der Waals surface area contributed by atoms with Gasteiger partial charge in [-0.15, -0.1) is 11.3 Å². The van der Waals surface area contributed by atoms with E-state index in [1.807, 2.05) is 11.3 Å². The molecule has 48 heavy (non-hydrogen) atoms. The van der Waals surface area contributed by atoms with Gasteiger partial charge in [0.05, 0.1) is 22.1 Å². The van der Waals surface area contributed by atoms with Gasteiger partial charge in [0.15, 0.2) is 0 Å². The summed E-state index contributed by atoms with van der Waals surface area (Å²) in [5.74, 6) is 0. The van der Waals surface area contributed by atoms with Crippen LogP contribution < -0.4 is 0 Å². The maximum atomic E-state index is 2.40. The molecule has 0 aliphatic carbocycles. The minimum Gasteiger partial charge on any atom is -0.309 e. The van der Waals surface area contributed by atoms with Crippen molar-refractivity contribution < 1.29 is 0 Å². The average Bonchev–Trinajstić information content (AvgIpc) is 3.82. The van der Waals surface area contributed by atoms with E-state index in [-0.39, 0.29) is 0 Å². The Morgan fingerprint density at radius 1 is 0.396 bits per heavy atom. The molecule has 0 bridgehead atoms. The van der Waals surface area contributed by atoms with Gasteiger partial charge in [0.1, 0.15) is 0 Å². The Labute approximate surface area is 282 Å². The summed E-state index contributed by atoms with van der Waals surface area (Å²) in [7, 11) is 0. The number of benzene rings is 7. The smallest absolute Gasteiger partial charge is 0.0541 e. The molecule has 0 N–H and O–H groups in total. The van der Waals surface area contributed by atoms with Crippen molar-refractivity contribution in [1.29, 1.82) is 0 Å². The Morgan fingerprint density at radius 2 is 0.875 bits per heavy atom. The molecular formula is C45H30N2S. The molecule has 226 valence electrons. The van der Waals surface area contributed by atoms with Crippen LogP contribution in [0.15, 0.2) is 164 Å². The molecule has 0 atom stereocenters. The predicted molar refractivity (Wildman–Crippen MR) is 206 cm³/mol. The number of hydrogen-bond acceptors (Lipinski definition) is 1. The molecule has 0 fully saturated rings. The van der Waals surface area contributed by atoms with E-state index in [1.54, 1.807) is 0 Å². The molecule has 10 aromatic rings. The summed E-state index contributed by atoms with van der Waals surface area (Å²) in [4.78, 5) is 1.30. The summed E-state index contributed by atoms with van der Waals surface area (Å²) >= 11 is 1.85. The van der Waals surface area contributed by atoms with Crippen molar-refractivity contribution in [3.8, 4) is 32.9 Å². The van der Waals surface area contributed by atoms with E-state index in [0.717, 1.165) is 0 Å². The molecule has 7 aromatic carbocycles. The van der Waals surface area contributed by atoms with Crippen LogP contribution in [0.4, 0.5) is 0 Å². The van der Waals surface area contributed by atoms with Gasteiger partial charge in [-0.3, -0.25) is 0 Å². The van der Waals surface area contributed by atoms with Gasteiger partial charge in [-0.1, -0.05) is 96.6 Å². The first-order valence-corrected chi connectivity index (χ1v) is 17.2. The summed E-state index contributed by atoms with van der Waals surface area (Å²) in [6.45, 7) is 2.14. The van der Waals surface area contributed by atoms with Crippen LogP contribution in [-0.2, 0) is 0 Å². The van der Waals surface area contributed by atoms with Crippen molar-refractivity contribution in [1.82, 2.24) is 9.13 Å². The van der Waals surface area contributed by atoms with Crippen molar-refractivity contribution in [2.75, 3.05) is 0 Å². The molecule has 0 radical (unpaired) electrons. The van der Waals surface area contributed by atoms with Gasteiger partial charge in [0.25, 0.3) is 0 Å². The number of rotatable bonds is 4. The lowest BCUT2D eigenvalue weighted by atomic mass is 10.0. The number of thiophene rings is 1. The van der Waals surface area contributed by atoms with Gasteiger partial charge < -0.3 is 9.13 Å². The van der Waals surface area contributed by atoms with E-state index in [0.29, 0.717) is 0 Å². The molecule has 0 saturated carbocycles. The van der Waals surface area contributed by atoms with Crippen LogP contribution in [0.3, 0.4) is 0 Å². The van der Waals surface area contributed by atoms with E-state index in [1.165, 1.54) is 92.2 Å². The van der Waals surface area contributed by atoms with Crippen molar-refractivity contribution in [2.24, 2.45) is 0 Å². The summed E-state index contributed by atoms with van der Waals surface area (Å²) in [5.41, 5.74) is 12.2. The molecule has 10 rings (SSSR count). The first-order chi connectivity index (χ1) is 23.7. The SMILES string of the molecule is Cc1ccc(-n2c3ccccc3c3cc(-c4ccc5c(c4)c4ccccc4n5-c4ccc(-c5cc6ccccc6s5)cc4)ccc32)cc1. The summed E-state index contributed by atoms with van der Waals surface area (Å²) in [5, 5.41) is 6.37. The normalized spacial score (nSPS) is 11.9. The lowest BCUT2D eigenvalue weighted by Gasteiger charge is -2.10. The zero-order valence-electron chi connectivity index (χ0n) is 26.4. The van der Waals surface area contributed by atoms with E-state index >= 15 is 0 Å². The third-order valence-electron chi connectivity index (χ3n) is 9.81. The van der Waals surface area contributed by atoms with Crippen molar-refractivity contribution >= 4 is 65.0 Å². The molecular weight excluding hydrogens is 601 g/mol. The fourth-order valence-electron chi connectivity index (χ4n) is 7.45. The summed E-state index contributed by atoms with van der Waals surface area (Å²) in [6, 6.07) is 60.2. The van der Waals surface area contributed by atoms with E-state index < -0.39 is 0 Å². The fourth-order valence-corrected chi connectivity index (χ4v) is 8.52. The minimum atomic E-state index is 1.17. The molecule has 0 unspecified atom stereocenters. The molecule has 0 aliphatic rings. The largest absolute Gasteiger partial charge is 0.309 e. The molecule has 0 aliphatic heterocycles. The number of fused-ring (bicyclic) bond motifs is 7. The van der Waals surface area contributed by atoms with Crippen LogP contribution in [0.5, 0.6) is 0 Å². The number of aryl methyl sites for hydroxylation is 1. The summed E-state index contributed by atoms with van der Waals surface area (Å²) in [6.07, 6.45) is 0. The van der Waals surface area contributed by atoms with Crippen molar-refractivity contribution in [3.05, 3.63) is 169 Å². The predicted octanol–water partition coefficient (Wildman–Crippen LogP) is 12.7. The highest BCUT2D eigenvalue weighted by molar-refractivity contribution is 7.22. The molecule has 0 saturated heterocycles. The highest BCUT2D eigenvalue weighted by Gasteiger charge is 2.16. The Kier molecular flexibility index (Phi) is 5.99. The average molecular weight is 631 g/mol. The van der Waals surface area contributed by atoms with Gasteiger partial charge in [0.2, 0.25) is 0 Å². The Balaban J connectivity index is 1.10. The van der Waals surface area contributed by atoms with Gasteiger partial charge in [-0.2, -0.15) is 0 Å². The zero-order valence-corrected chi connectivity index (χ0v) is 27.2. The highest BCUT2D eigenvalue weighted by atomic mass is 32.1. The third kappa shape index (κ3) is 4.18. The molecule has 3 heterocycles. The summed E-state index contributed by atoms with van der Waals surface area (Å²) < 4.78 is 6.11. The van der Waals surface area contributed by atoms with Crippen LogP contribution in [0.2, 0.25) is 0 Å². The molecule has 0 spiro atoms. The molecule has 2 nitrogen and oxygen atoms in total. The Bertz CT molecular complexity index is 2790. The first kappa shape index (κ1) is 27.2. The zero-order chi connectivity index (χ0) is 31.8. The number of nitrogens with zero attached hydrogens (tertiary/aromatic N) is 2. The Hall–Kier alpha value is -5.90. The monoisotopic (exact) mass is 630 g/mol. The second-order valence-corrected chi connectivity index (χ2v) is 13.8. The maximum absolute atomic E-state index is 2.40. The third-order valence-corrected chi connectivity index (χ3v) is 11.0. The quantitative estimate of drug-likeness (QED) is 0.183. The molecule has 3 heteroatoms. The van der Waals surface area contributed by atoms with Gasteiger partial charge >= 0.3 is 0 Å². The van der Waals surface area contributed by atoms with E-state index in [2.05, 4.69) is 180 Å². The first-order valence-electron chi connectivity index (χ1n) is 16.4. The fraction of sp³-hybridized carbons (Fsp3) is 0.0222. The van der Waals surface area contributed by atoms with Crippen molar-refractivity contribution in [2.45, 2.75) is 6.92 Å². The lowest BCUT2D eigenvalue weighted by Crippen LogP contribution is -1.94. The number of aromatic nitrogens is 2. The van der Waals surface area contributed by atoms with E-state index in [4.69, 9.17) is 0 Å². The number of para-hydroxylation sites is 2. The van der Waals surface area contributed by atoms with Gasteiger partial charge in [-0.25, -0.2) is 0 Å². The number of hydrogen-bond donors (Lipinski definition) is 0. The Morgan fingerprint density at radius 3 is 1.46 bits per heavy atom. The van der Waals surface area contributed by atoms with Crippen molar-refractivity contribution in [3.63, 3.8) is 0 Å². The van der Waals surface area contributed by atoms with E-state index in [9.17, 15) is 0 Å². The van der Waals surface area contributed by atoms with Crippen LogP contribution >= 0.6 is 11.3 Å². The highest BCUT2D eigenvalue weighted by Crippen LogP contribution is 2.39. The second-order valence-electron chi connectivity index (χ2n) is 12.7. The lowest BCUT2D eigenvalue weighted by molar-refractivity contribution is 1.17. The van der Waals surface area contributed by atoms with Crippen LogP contribution in [0, 0.1) is 6.92 Å². The van der Waals surface area contributed by atoms with Crippen LogP contribution in [0.25, 0.3) is 86.6 Å². The van der Waals surface area contributed by atoms with Gasteiger partial charge in [-0.05, 0) is 102 Å². The second kappa shape index (κ2) is 10.6. The maximum Gasteiger partial charge on any atom is 0.0541 e. The molecule has 3 aromatic heterocycles. The topological polar surface area (TPSA) is 9.86 Å².